The van der Waals surface area contributed by atoms with Crippen molar-refractivity contribution in [3.63, 3.8) is 0 Å². The van der Waals surface area contributed by atoms with Crippen molar-refractivity contribution in [3.05, 3.63) is 23.8 Å². The van der Waals surface area contributed by atoms with E-state index in [1.165, 1.54) is 7.11 Å². The quantitative estimate of drug-likeness (QED) is 0.688. The summed E-state index contributed by atoms with van der Waals surface area (Å²) in [6.45, 7) is 10.4. The predicted molar refractivity (Wildman–Crippen MR) is 97.1 cm³/mol. The Hall–Kier alpha value is -2.08. The summed E-state index contributed by atoms with van der Waals surface area (Å²) < 4.78 is 16.1. The summed E-state index contributed by atoms with van der Waals surface area (Å²) in [6.07, 6.45) is 0.534. The topological polar surface area (TPSA) is 73.9 Å². The van der Waals surface area contributed by atoms with Crippen molar-refractivity contribution in [1.82, 2.24) is 0 Å². The fourth-order valence-corrected chi connectivity index (χ4v) is 2.17. The zero-order chi connectivity index (χ0) is 19.0. The fraction of sp³-hybridized carbons (Fsp3) is 0.579. The molecule has 6 nitrogen and oxygen atoms in total. The first-order chi connectivity index (χ1) is 11.8. The summed E-state index contributed by atoms with van der Waals surface area (Å²) in [5.41, 5.74) is -0.162. The van der Waals surface area contributed by atoms with E-state index >= 15 is 0 Å². The summed E-state index contributed by atoms with van der Waals surface area (Å²) in [5.74, 6) is -0.0237. The van der Waals surface area contributed by atoms with Crippen molar-refractivity contribution in [3.8, 4) is 5.75 Å². The number of benzene rings is 1. The minimum absolute atomic E-state index is 0.261. The number of carbonyl (C=O) groups excluding carboxylic acids is 2. The van der Waals surface area contributed by atoms with Gasteiger partial charge in [0, 0.05) is 12.3 Å². The van der Waals surface area contributed by atoms with Crippen LogP contribution in [0.25, 0.3) is 0 Å². The van der Waals surface area contributed by atoms with E-state index in [4.69, 9.17) is 14.2 Å². The van der Waals surface area contributed by atoms with Gasteiger partial charge in [0.1, 0.15) is 16.9 Å². The number of esters is 1. The maximum atomic E-state index is 12.5. The van der Waals surface area contributed by atoms with Crippen molar-refractivity contribution < 1.29 is 23.8 Å². The van der Waals surface area contributed by atoms with Crippen LogP contribution in [0.1, 0.15) is 51.4 Å². The summed E-state index contributed by atoms with van der Waals surface area (Å²) >= 11 is 0. The van der Waals surface area contributed by atoms with Gasteiger partial charge in [-0.3, -0.25) is 4.79 Å². The number of nitrogens with one attached hydrogen (secondary N) is 1. The van der Waals surface area contributed by atoms with Crippen molar-refractivity contribution in [2.75, 3.05) is 25.6 Å². The van der Waals surface area contributed by atoms with Gasteiger partial charge in [0.15, 0.2) is 0 Å². The number of methoxy groups -OCH3 is 1. The van der Waals surface area contributed by atoms with Crippen LogP contribution in [0.4, 0.5) is 5.69 Å². The first-order valence-electron chi connectivity index (χ1n) is 8.57. The third-order valence-corrected chi connectivity index (χ3v) is 3.83. The molecule has 0 radical (unpaired) electrons. The van der Waals surface area contributed by atoms with E-state index in [0.29, 0.717) is 37.0 Å². The van der Waals surface area contributed by atoms with Gasteiger partial charge in [0.25, 0.3) is 5.91 Å². The second-order valence-corrected chi connectivity index (χ2v) is 6.38. The van der Waals surface area contributed by atoms with E-state index in [2.05, 4.69) is 5.32 Å². The molecule has 140 valence electrons. The maximum absolute atomic E-state index is 12.5. The van der Waals surface area contributed by atoms with Gasteiger partial charge in [0.2, 0.25) is 0 Å². The Morgan fingerprint density at radius 2 is 1.92 bits per heavy atom. The second kappa shape index (κ2) is 9.42. The molecule has 0 fully saturated rings. The van der Waals surface area contributed by atoms with Crippen LogP contribution in [0.2, 0.25) is 0 Å². The van der Waals surface area contributed by atoms with E-state index in [-0.39, 0.29) is 11.5 Å². The minimum Gasteiger partial charge on any atom is -0.492 e. The van der Waals surface area contributed by atoms with E-state index in [9.17, 15) is 9.59 Å². The highest BCUT2D eigenvalue weighted by atomic mass is 16.5. The molecule has 1 amide bonds. The molecule has 6 heteroatoms. The lowest BCUT2D eigenvalue weighted by molar-refractivity contribution is -0.139. The average Bonchev–Trinajstić information content (AvgIpc) is 2.59. The van der Waals surface area contributed by atoms with Crippen LogP contribution >= 0.6 is 0 Å². The van der Waals surface area contributed by atoms with E-state index < -0.39 is 11.6 Å². The highest BCUT2D eigenvalue weighted by Gasteiger charge is 2.32. The van der Waals surface area contributed by atoms with Gasteiger partial charge in [-0.1, -0.05) is 20.8 Å². The molecule has 0 heterocycles. The number of rotatable bonds is 9. The lowest BCUT2D eigenvalue weighted by atomic mass is 10.0. The van der Waals surface area contributed by atoms with Crippen LogP contribution in [0.3, 0.4) is 0 Å². The molecule has 1 aromatic carbocycles. The highest BCUT2D eigenvalue weighted by Crippen LogP contribution is 2.26. The Bertz CT molecular complexity index is 599. The number of amides is 1. The summed E-state index contributed by atoms with van der Waals surface area (Å²) in [5, 5.41) is 2.80. The zero-order valence-electron chi connectivity index (χ0n) is 16.0. The summed E-state index contributed by atoms with van der Waals surface area (Å²) in [4.78, 5) is 24.6. The van der Waals surface area contributed by atoms with Crippen LogP contribution < -0.4 is 10.1 Å². The summed E-state index contributed by atoms with van der Waals surface area (Å²) in [6, 6.07) is 4.91. The molecule has 1 atom stereocenters. The van der Waals surface area contributed by atoms with Crippen LogP contribution in [-0.4, -0.2) is 37.8 Å². The molecule has 0 saturated carbocycles. The fourth-order valence-electron chi connectivity index (χ4n) is 2.17. The maximum Gasteiger partial charge on any atom is 0.341 e. The average molecular weight is 351 g/mol. The first kappa shape index (κ1) is 21.0. The smallest absolute Gasteiger partial charge is 0.341 e. The Kier molecular flexibility index (Phi) is 7.90. The van der Waals surface area contributed by atoms with Crippen molar-refractivity contribution in [2.45, 2.75) is 46.6 Å². The molecule has 0 aliphatic carbocycles. The molecule has 1 N–H and O–H groups in total. The number of hydrogen-bond acceptors (Lipinski definition) is 5. The Morgan fingerprint density at radius 1 is 1.24 bits per heavy atom. The largest absolute Gasteiger partial charge is 0.492 e. The zero-order valence-corrected chi connectivity index (χ0v) is 16.0. The van der Waals surface area contributed by atoms with Crippen molar-refractivity contribution in [1.29, 1.82) is 0 Å². The molecule has 0 spiro atoms. The number of hydrogen-bond donors (Lipinski definition) is 1. The highest BCUT2D eigenvalue weighted by molar-refractivity contribution is 5.99. The van der Waals surface area contributed by atoms with Gasteiger partial charge in [-0.05, 0) is 44.4 Å². The number of anilines is 1. The number of ether oxygens (including phenoxy) is 3. The van der Waals surface area contributed by atoms with Crippen LogP contribution in [-0.2, 0) is 14.3 Å². The third kappa shape index (κ3) is 5.74. The molecule has 0 aliphatic rings. The monoisotopic (exact) mass is 351 g/mol. The lowest BCUT2D eigenvalue weighted by Crippen LogP contribution is -2.42. The molecule has 0 bridgehead atoms. The first-order valence-corrected chi connectivity index (χ1v) is 8.57. The third-order valence-electron chi connectivity index (χ3n) is 3.83. The molecule has 0 aromatic heterocycles. The van der Waals surface area contributed by atoms with Gasteiger partial charge < -0.3 is 19.5 Å². The molecule has 1 aromatic rings. The number of carbonyl (C=O) groups is 2. The van der Waals surface area contributed by atoms with Gasteiger partial charge >= 0.3 is 5.97 Å². The van der Waals surface area contributed by atoms with Gasteiger partial charge in [-0.2, -0.15) is 0 Å². The van der Waals surface area contributed by atoms with E-state index in [0.717, 1.165) is 0 Å². The normalized spacial score (nSPS) is 13.2. The summed E-state index contributed by atoms with van der Waals surface area (Å²) in [7, 11) is 1.31. The predicted octanol–water partition coefficient (Wildman–Crippen LogP) is 3.65. The van der Waals surface area contributed by atoms with Gasteiger partial charge in [-0.25, -0.2) is 4.79 Å². The van der Waals surface area contributed by atoms with Crippen molar-refractivity contribution in [2.24, 2.45) is 5.92 Å². The molecule has 1 rings (SSSR count). The Morgan fingerprint density at radius 3 is 2.44 bits per heavy atom. The second-order valence-electron chi connectivity index (χ2n) is 6.38. The molecule has 0 aliphatic heterocycles. The van der Waals surface area contributed by atoms with Crippen molar-refractivity contribution >= 4 is 17.6 Å². The Balaban J connectivity index is 3.05. The SMILES string of the molecule is CCOC(C)(CC)C(=O)Nc1ccc(OCC(C)C)c(C(=O)OC)c1. The molecule has 1 unspecified atom stereocenters. The van der Waals surface area contributed by atoms with Gasteiger partial charge in [0.05, 0.1) is 13.7 Å². The van der Waals surface area contributed by atoms with Crippen LogP contribution in [0.15, 0.2) is 18.2 Å². The molecule has 0 saturated heterocycles. The molecule has 25 heavy (non-hydrogen) atoms. The van der Waals surface area contributed by atoms with E-state index in [1.807, 2.05) is 27.7 Å². The molecular formula is C19H29NO5. The molecular weight excluding hydrogens is 322 g/mol. The Labute approximate surface area is 149 Å². The van der Waals surface area contributed by atoms with E-state index in [1.54, 1.807) is 25.1 Å². The van der Waals surface area contributed by atoms with Crippen LogP contribution in [0, 0.1) is 5.92 Å². The standard InChI is InChI=1S/C19H29NO5/c1-7-19(5,25-8-2)18(22)20-14-9-10-16(24-12-13(3)4)15(11-14)17(21)23-6/h9-11,13H,7-8,12H2,1-6H3,(H,20,22). The minimum atomic E-state index is -0.924. The van der Waals surface area contributed by atoms with Crippen LogP contribution in [0.5, 0.6) is 5.75 Å². The lowest BCUT2D eigenvalue weighted by Gasteiger charge is -2.27. The van der Waals surface area contributed by atoms with Gasteiger partial charge in [-0.15, -0.1) is 0 Å².